The highest BCUT2D eigenvalue weighted by Crippen LogP contribution is 2.42. The van der Waals surface area contributed by atoms with Crippen LogP contribution < -0.4 is 4.74 Å². The molecule has 2 aliphatic rings. The molecule has 0 heterocycles. The van der Waals surface area contributed by atoms with Crippen LogP contribution in [0, 0.1) is 0 Å². The third-order valence-corrected chi connectivity index (χ3v) is 5.66. The Morgan fingerprint density at radius 1 is 1.12 bits per heavy atom. The fraction of sp³-hybridized carbons (Fsp3) is 0.364. The molecular formula is C22H22O4. The van der Waals surface area contributed by atoms with Gasteiger partial charge in [-0.05, 0) is 42.8 Å². The van der Waals surface area contributed by atoms with Crippen LogP contribution in [0.2, 0.25) is 0 Å². The van der Waals surface area contributed by atoms with Crippen molar-refractivity contribution in [1.29, 1.82) is 0 Å². The van der Waals surface area contributed by atoms with Gasteiger partial charge in [-0.25, -0.2) is 0 Å². The Kier molecular flexibility index (Phi) is 3.96. The number of benzene rings is 2. The minimum Gasteiger partial charge on any atom is -0.496 e. The van der Waals surface area contributed by atoms with E-state index in [1.165, 1.54) is 0 Å². The Hall–Kier alpha value is -2.46. The van der Waals surface area contributed by atoms with Crippen molar-refractivity contribution >= 4 is 22.3 Å². The van der Waals surface area contributed by atoms with Gasteiger partial charge in [0.1, 0.15) is 5.75 Å². The van der Waals surface area contributed by atoms with Crippen molar-refractivity contribution in [2.24, 2.45) is 0 Å². The molecule has 0 bridgehead atoms. The van der Waals surface area contributed by atoms with Crippen molar-refractivity contribution in [1.82, 2.24) is 0 Å². The lowest BCUT2D eigenvalue weighted by molar-refractivity contribution is 0.0165. The van der Waals surface area contributed by atoms with E-state index >= 15 is 0 Å². The predicted molar refractivity (Wildman–Crippen MR) is 99.9 cm³/mol. The van der Waals surface area contributed by atoms with E-state index in [2.05, 4.69) is 0 Å². The van der Waals surface area contributed by atoms with Crippen molar-refractivity contribution in [2.45, 2.75) is 44.6 Å². The molecule has 0 aromatic heterocycles. The number of aliphatic hydroxyl groups is 1. The number of allylic oxidation sites excluding steroid dienone is 1. The van der Waals surface area contributed by atoms with Crippen LogP contribution in [-0.4, -0.2) is 29.4 Å². The highest BCUT2D eigenvalue weighted by Gasteiger charge is 2.41. The zero-order chi connectivity index (χ0) is 18.5. The van der Waals surface area contributed by atoms with E-state index in [-0.39, 0.29) is 18.0 Å². The molecule has 0 aliphatic heterocycles. The molecule has 0 amide bonds. The van der Waals surface area contributed by atoms with Crippen LogP contribution in [0.1, 0.15) is 59.7 Å². The number of hydrogen-bond acceptors (Lipinski definition) is 4. The third kappa shape index (κ3) is 2.48. The molecule has 0 spiro atoms. The van der Waals surface area contributed by atoms with Gasteiger partial charge >= 0.3 is 0 Å². The summed E-state index contributed by atoms with van der Waals surface area (Å²) < 4.78 is 5.40. The largest absolute Gasteiger partial charge is 0.496 e. The lowest BCUT2D eigenvalue weighted by Crippen LogP contribution is -2.37. The fourth-order valence-corrected chi connectivity index (χ4v) is 4.35. The van der Waals surface area contributed by atoms with Crippen molar-refractivity contribution in [3.8, 4) is 5.75 Å². The molecule has 134 valence electrons. The van der Waals surface area contributed by atoms with Gasteiger partial charge in [0.15, 0.2) is 11.6 Å². The summed E-state index contributed by atoms with van der Waals surface area (Å²) in [5.41, 5.74) is 1.10. The summed E-state index contributed by atoms with van der Waals surface area (Å²) in [6.07, 6.45) is 2.76. The molecule has 2 aliphatic carbocycles. The normalized spacial score (nSPS) is 22.4. The molecular weight excluding hydrogens is 328 g/mol. The van der Waals surface area contributed by atoms with Crippen LogP contribution in [0.15, 0.2) is 41.5 Å². The second-order valence-electron chi connectivity index (χ2n) is 7.35. The van der Waals surface area contributed by atoms with Gasteiger partial charge in [-0.1, -0.05) is 25.5 Å². The van der Waals surface area contributed by atoms with Crippen LogP contribution >= 0.6 is 0 Å². The molecule has 26 heavy (non-hydrogen) atoms. The van der Waals surface area contributed by atoms with E-state index in [1.54, 1.807) is 19.2 Å². The van der Waals surface area contributed by atoms with Crippen molar-refractivity contribution < 1.29 is 19.4 Å². The van der Waals surface area contributed by atoms with E-state index in [1.807, 2.05) is 25.1 Å². The van der Waals surface area contributed by atoms with Gasteiger partial charge < -0.3 is 9.84 Å². The number of ether oxygens (including phenoxy) is 1. The summed E-state index contributed by atoms with van der Waals surface area (Å²) in [6, 6.07) is 9.19. The number of carbonyl (C=O) groups excluding carboxylic acids is 2. The number of fused-ring (bicyclic) bond motifs is 2. The molecule has 0 saturated carbocycles. The summed E-state index contributed by atoms with van der Waals surface area (Å²) in [7, 11) is 1.59. The number of methoxy groups -OCH3 is 1. The summed E-state index contributed by atoms with van der Waals surface area (Å²) in [5, 5.41) is 12.5. The van der Waals surface area contributed by atoms with E-state index in [9.17, 15) is 14.7 Å². The maximum absolute atomic E-state index is 13.2. The smallest absolute Gasteiger partial charge is 0.190 e. The minimum atomic E-state index is -0.879. The van der Waals surface area contributed by atoms with Gasteiger partial charge in [0.25, 0.3) is 0 Å². The second kappa shape index (κ2) is 6.06. The zero-order valence-electron chi connectivity index (χ0n) is 15.1. The fourth-order valence-electron chi connectivity index (χ4n) is 4.35. The first kappa shape index (κ1) is 17.0. The highest BCUT2D eigenvalue weighted by molar-refractivity contribution is 6.28. The molecule has 4 nitrogen and oxygen atoms in total. The molecule has 2 aromatic carbocycles. The summed E-state index contributed by atoms with van der Waals surface area (Å²) >= 11 is 0. The number of hydrogen-bond donors (Lipinski definition) is 1. The Morgan fingerprint density at radius 2 is 1.85 bits per heavy atom. The maximum Gasteiger partial charge on any atom is 0.190 e. The summed E-state index contributed by atoms with van der Waals surface area (Å²) in [6.45, 7) is 2.02. The van der Waals surface area contributed by atoms with Gasteiger partial charge in [-0.2, -0.15) is 0 Å². The molecule has 0 radical (unpaired) electrons. The van der Waals surface area contributed by atoms with Gasteiger partial charge in [-0.3, -0.25) is 9.59 Å². The van der Waals surface area contributed by atoms with Crippen LogP contribution in [0.5, 0.6) is 5.75 Å². The highest BCUT2D eigenvalue weighted by atomic mass is 16.5. The number of carbonyl (C=O) groups is 2. The topological polar surface area (TPSA) is 63.6 Å². The lowest BCUT2D eigenvalue weighted by atomic mass is 9.71. The molecule has 1 N–H and O–H groups in total. The molecule has 1 atom stereocenters. The van der Waals surface area contributed by atoms with Crippen molar-refractivity contribution in [3.63, 3.8) is 0 Å². The van der Waals surface area contributed by atoms with Gasteiger partial charge in [-0.15, -0.1) is 0 Å². The molecule has 0 fully saturated rings. The van der Waals surface area contributed by atoms with E-state index in [4.69, 9.17) is 4.74 Å². The van der Waals surface area contributed by atoms with Crippen LogP contribution in [-0.2, 0) is 0 Å². The summed E-state index contributed by atoms with van der Waals surface area (Å²) in [5.74, 6) is 0.478. The first-order valence-corrected chi connectivity index (χ1v) is 9.12. The summed E-state index contributed by atoms with van der Waals surface area (Å²) in [4.78, 5) is 26.2. The number of Topliss-reactive ketones (excluding diaryl/α,β-unsaturated/α-hetero) is 2. The van der Waals surface area contributed by atoms with Crippen molar-refractivity contribution in [2.75, 3.05) is 7.11 Å². The average Bonchev–Trinajstić information content (AvgIpc) is 2.64. The maximum atomic E-state index is 13.2. The Balaban J connectivity index is 1.86. The zero-order valence-corrected chi connectivity index (χ0v) is 15.1. The molecule has 4 heteroatoms. The van der Waals surface area contributed by atoms with E-state index in [0.717, 1.165) is 17.2 Å². The first-order valence-electron chi connectivity index (χ1n) is 9.12. The Labute approximate surface area is 152 Å². The van der Waals surface area contributed by atoms with Crippen molar-refractivity contribution in [3.05, 3.63) is 52.6 Å². The van der Waals surface area contributed by atoms with Gasteiger partial charge in [0.05, 0.1) is 12.7 Å². The third-order valence-electron chi connectivity index (χ3n) is 5.66. The molecule has 2 aromatic rings. The second-order valence-corrected chi connectivity index (χ2v) is 7.35. The van der Waals surface area contributed by atoms with E-state index in [0.29, 0.717) is 47.3 Å². The lowest BCUT2D eigenvalue weighted by Gasteiger charge is -2.36. The van der Waals surface area contributed by atoms with E-state index < -0.39 is 5.60 Å². The van der Waals surface area contributed by atoms with Gasteiger partial charge in [0.2, 0.25) is 0 Å². The molecule has 1 unspecified atom stereocenters. The van der Waals surface area contributed by atoms with Crippen LogP contribution in [0.25, 0.3) is 10.8 Å². The number of rotatable bonds is 3. The minimum absolute atomic E-state index is 0.0714. The monoisotopic (exact) mass is 350 g/mol. The Bertz CT molecular complexity index is 970. The standard InChI is InChI=1S/C22H22O4/c1-3-8-22(25)9-7-14-18(12-22)21(24)17-11-15-13(10-16(17)20(14)23)5-4-6-19(15)26-2/h4-6,10-11,25H,3,7-9,12H2,1-2H3. The van der Waals surface area contributed by atoms with Crippen LogP contribution in [0.3, 0.4) is 0 Å². The quantitative estimate of drug-likeness (QED) is 0.899. The average molecular weight is 350 g/mol. The predicted octanol–water partition coefficient (Wildman–Crippen LogP) is 4.24. The number of ketones is 2. The Morgan fingerprint density at radius 3 is 2.58 bits per heavy atom. The van der Waals surface area contributed by atoms with Gasteiger partial charge in [0, 0.05) is 34.1 Å². The molecule has 4 rings (SSSR count). The SMILES string of the molecule is CCCC1(O)CCC2=C(C1)C(=O)c1cc3c(OC)cccc3cc1C2=O. The van der Waals surface area contributed by atoms with Crippen LogP contribution in [0.4, 0.5) is 0 Å². The molecule has 0 saturated heterocycles. The first-order chi connectivity index (χ1) is 12.5.